The molecule has 5 rings (SSSR count). The van der Waals surface area contributed by atoms with Crippen molar-refractivity contribution >= 4 is 40.6 Å². The van der Waals surface area contributed by atoms with Crippen LogP contribution in [0.4, 0.5) is 10.5 Å². The highest BCUT2D eigenvalue weighted by Gasteiger charge is 2.26. The number of aromatic hydroxyl groups is 1. The van der Waals surface area contributed by atoms with Crippen molar-refractivity contribution in [2.75, 3.05) is 20.2 Å². The van der Waals surface area contributed by atoms with E-state index in [9.17, 15) is 9.90 Å². The van der Waals surface area contributed by atoms with Crippen LogP contribution in [0.1, 0.15) is 50.5 Å². The van der Waals surface area contributed by atoms with Crippen LogP contribution in [-0.4, -0.2) is 41.9 Å². The number of allylic oxidation sites excluding steroid dienone is 1. The number of ether oxygens (including phenoxy) is 2. The van der Waals surface area contributed by atoms with Gasteiger partial charge in [-0.3, -0.25) is 0 Å². The smallest absolute Gasteiger partial charge is 0.410 e. The molecule has 1 fully saturated rings. The zero-order valence-corrected chi connectivity index (χ0v) is 21.5. The maximum absolute atomic E-state index is 12.4. The number of carbonyl (C=O) groups excluding carboxylic acids is 1. The highest BCUT2D eigenvalue weighted by molar-refractivity contribution is 5.97. The van der Waals surface area contributed by atoms with Gasteiger partial charge in [0.15, 0.2) is 11.5 Å². The summed E-state index contributed by atoms with van der Waals surface area (Å²) in [4.78, 5) is 14.1. The minimum atomic E-state index is -0.504. The number of azo groups is 1. The SMILES string of the molecule is COc1ccc2c(O)c(C=C3N=Nc4ccccc43)oc2c1C=CC1CCN(C(=O)OC(C)(C)C)CC1. The van der Waals surface area contributed by atoms with E-state index < -0.39 is 5.60 Å². The van der Waals surface area contributed by atoms with Crippen LogP contribution in [0.3, 0.4) is 0 Å². The summed E-state index contributed by atoms with van der Waals surface area (Å²) in [7, 11) is 1.61. The number of likely N-dealkylation sites (tertiary alicyclic amines) is 1. The first-order valence-electron chi connectivity index (χ1n) is 12.4. The van der Waals surface area contributed by atoms with Gasteiger partial charge in [-0.1, -0.05) is 30.4 Å². The van der Waals surface area contributed by atoms with Gasteiger partial charge in [-0.05, 0) is 57.7 Å². The summed E-state index contributed by atoms with van der Waals surface area (Å²) in [6.45, 7) is 6.90. The van der Waals surface area contributed by atoms with Crippen LogP contribution in [-0.2, 0) is 4.74 Å². The summed E-state index contributed by atoms with van der Waals surface area (Å²) < 4.78 is 17.3. The van der Waals surface area contributed by atoms with E-state index in [0.29, 0.717) is 47.2 Å². The minimum absolute atomic E-state index is 0.0463. The molecule has 192 valence electrons. The third kappa shape index (κ3) is 5.09. The van der Waals surface area contributed by atoms with Gasteiger partial charge in [-0.15, -0.1) is 10.2 Å². The number of piperidine rings is 1. The zero-order chi connectivity index (χ0) is 26.2. The monoisotopic (exact) mass is 501 g/mol. The Morgan fingerprint density at radius 1 is 1.14 bits per heavy atom. The van der Waals surface area contributed by atoms with Gasteiger partial charge in [-0.25, -0.2) is 4.79 Å². The fourth-order valence-electron chi connectivity index (χ4n) is 4.61. The standard InChI is InChI=1S/C29H31N3O5/c1-29(2,3)37-28(34)32-15-13-18(14-16-32)9-10-20-24(35-4)12-11-21-26(33)25(36-27(20)21)17-23-19-7-5-6-8-22(19)30-31-23/h5-12,17-18,33H,13-16H2,1-4H3. The van der Waals surface area contributed by atoms with E-state index in [4.69, 9.17) is 13.9 Å². The van der Waals surface area contributed by atoms with Crippen LogP contribution in [0.2, 0.25) is 0 Å². The number of nitrogens with zero attached hydrogens (tertiary/aromatic N) is 3. The van der Waals surface area contributed by atoms with Crippen molar-refractivity contribution in [2.45, 2.75) is 39.2 Å². The Morgan fingerprint density at radius 3 is 2.62 bits per heavy atom. The van der Waals surface area contributed by atoms with E-state index in [0.717, 1.165) is 29.7 Å². The summed E-state index contributed by atoms with van der Waals surface area (Å²) in [6.07, 6.45) is 7.22. The summed E-state index contributed by atoms with van der Waals surface area (Å²) in [6, 6.07) is 11.3. The number of hydrogen-bond donors (Lipinski definition) is 1. The molecule has 37 heavy (non-hydrogen) atoms. The molecule has 1 aromatic heterocycles. The lowest BCUT2D eigenvalue weighted by Crippen LogP contribution is -2.41. The van der Waals surface area contributed by atoms with Crippen molar-refractivity contribution in [2.24, 2.45) is 16.1 Å². The molecule has 0 unspecified atom stereocenters. The molecule has 3 heterocycles. The normalized spacial score (nSPS) is 17.2. The number of carbonyl (C=O) groups is 1. The molecule has 0 saturated carbocycles. The first-order valence-corrected chi connectivity index (χ1v) is 12.4. The molecule has 2 aromatic carbocycles. The maximum atomic E-state index is 12.4. The number of furan rings is 1. The highest BCUT2D eigenvalue weighted by Crippen LogP contribution is 2.42. The van der Waals surface area contributed by atoms with Crippen molar-refractivity contribution < 1.29 is 23.8 Å². The van der Waals surface area contributed by atoms with Gasteiger partial charge in [0.1, 0.15) is 16.9 Å². The van der Waals surface area contributed by atoms with Crippen molar-refractivity contribution in [1.29, 1.82) is 0 Å². The molecular weight excluding hydrogens is 470 g/mol. The summed E-state index contributed by atoms with van der Waals surface area (Å²) >= 11 is 0. The van der Waals surface area contributed by atoms with Crippen molar-refractivity contribution in [3.63, 3.8) is 0 Å². The second kappa shape index (κ2) is 9.76. The molecule has 0 atom stereocenters. The molecule has 1 amide bonds. The Labute approximate surface area is 215 Å². The third-order valence-corrected chi connectivity index (χ3v) is 6.52. The molecule has 2 aliphatic rings. The molecule has 0 aliphatic carbocycles. The molecule has 0 bridgehead atoms. The lowest BCUT2D eigenvalue weighted by molar-refractivity contribution is 0.0197. The molecule has 2 aliphatic heterocycles. The van der Waals surface area contributed by atoms with Crippen LogP contribution in [0, 0.1) is 5.92 Å². The number of hydrogen-bond acceptors (Lipinski definition) is 7. The predicted molar refractivity (Wildman–Crippen MR) is 143 cm³/mol. The van der Waals surface area contributed by atoms with E-state index in [1.54, 1.807) is 24.2 Å². The number of benzene rings is 2. The van der Waals surface area contributed by atoms with Crippen molar-refractivity contribution in [3.05, 3.63) is 59.4 Å². The number of amides is 1. The summed E-state index contributed by atoms with van der Waals surface area (Å²) in [5, 5.41) is 20.0. The first kappa shape index (κ1) is 24.6. The average Bonchev–Trinajstić information content (AvgIpc) is 3.43. The third-order valence-electron chi connectivity index (χ3n) is 6.52. The topological polar surface area (TPSA) is 96.9 Å². The largest absolute Gasteiger partial charge is 0.504 e. The van der Waals surface area contributed by atoms with Gasteiger partial charge in [0.25, 0.3) is 0 Å². The van der Waals surface area contributed by atoms with Gasteiger partial charge in [0.05, 0.1) is 29.4 Å². The highest BCUT2D eigenvalue weighted by atomic mass is 16.6. The second-order valence-corrected chi connectivity index (χ2v) is 10.3. The zero-order valence-electron chi connectivity index (χ0n) is 21.5. The van der Waals surface area contributed by atoms with E-state index in [2.05, 4.69) is 16.3 Å². The van der Waals surface area contributed by atoms with Gasteiger partial charge >= 0.3 is 6.09 Å². The fraction of sp³-hybridized carbons (Fsp3) is 0.345. The second-order valence-electron chi connectivity index (χ2n) is 10.3. The quantitative estimate of drug-likeness (QED) is 0.402. The number of rotatable bonds is 4. The van der Waals surface area contributed by atoms with E-state index in [-0.39, 0.29) is 11.8 Å². The minimum Gasteiger partial charge on any atom is -0.504 e. The molecular formula is C29H31N3O5. The average molecular weight is 502 g/mol. The van der Waals surface area contributed by atoms with E-state index in [1.165, 1.54) is 0 Å². The first-order chi connectivity index (χ1) is 17.7. The lowest BCUT2D eigenvalue weighted by atomic mass is 9.95. The van der Waals surface area contributed by atoms with Crippen LogP contribution in [0.25, 0.3) is 28.8 Å². The lowest BCUT2D eigenvalue weighted by Gasteiger charge is -2.32. The molecule has 1 saturated heterocycles. The molecule has 8 nitrogen and oxygen atoms in total. The Kier molecular flexibility index (Phi) is 6.50. The Balaban J connectivity index is 1.38. The van der Waals surface area contributed by atoms with Gasteiger partial charge < -0.3 is 23.9 Å². The molecule has 1 N–H and O–H groups in total. The number of fused-ring (bicyclic) bond motifs is 2. The summed E-state index contributed by atoms with van der Waals surface area (Å²) in [5.74, 6) is 1.30. The fourth-order valence-corrected chi connectivity index (χ4v) is 4.61. The molecule has 8 heteroatoms. The molecule has 0 spiro atoms. The van der Waals surface area contributed by atoms with E-state index in [1.807, 2.05) is 57.2 Å². The van der Waals surface area contributed by atoms with Crippen molar-refractivity contribution in [1.82, 2.24) is 4.90 Å². The van der Waals surface area contributed by atoms with Gasteiger partial charge in [-0.2, -0.15) is 0 Å². The Bertz CT molecular complexity index is 1420. The van der Waals surface area contributed by atoms with Gasteiger partial charge in [0.2, 0.25) is 0 Å². The van der Waals surface area contributed by atoms with Crippen LogP contribution in [0.15, 0.2) is 57.1 Å². The molecule has 0 radical (unpaired) electrons. The number of methoxy groups -OCH3 is 1. The van der Waals surface area contributed by atoms with Crippen LogP contribution >= 0.6 is 0 Å². The van der Waals surface area contributed by atoms with Crippen LogP contribution < -0.4 is 4.74 Å². The van der Waals surface area contributed by atoms with E-state index >= 15 is 0 Å². The van der Waals surface area contributed by atoms with Crippen molar-refractivity contribution in [3.8, 4) is 11.5 Å². The van der Waals surface area contributed by atoms with Gasteiger partial charge in [0, 0.05) is 24.7 Å². The van der Waals surface area contributed by atoms with Crippen LogP contribution in [0.5, 0.6) is 11.5 Å². The maximum Gasteiger partial charge on any atom is 0.410 e. The Morgan fingerprint density at radius 2 is 1.89 bits per heavy atom. The predicted octanol–water partition coefficient (Wildman–Crippen LogP) is 7.40. The Hall–Kier alpha value is -4.07. The molecule has 3 aromatic rings. The summed E-state index contributed by atoms with van der Waals surface area (Å²) in [5.41, 5.74) is 3.09.